The number of likely N-dealkylation sites (tertiary alicyclic amines) is 1. The molecule has 1 saturated carbocycles. The van der Waals surface area contributed by atoms with Crippen LogP contribution >= 0.6 is 0 Å². The van der Waals surface area contributed by atoms with E-state index in [1.54, 1.807) is 0 Å². The van der Waals surface area contributed by atoms with Gasteiger partial charge in [-0.2, -0.15) is 0 Å². The van der Waals surface area contributed by atoms with Gasteiger partial charge in [0.25, 0.3) is 0 Å². The van der Waals surface area contributed by atoms with Crippen LogP contribution in [0, 0.1) is 18.3 Å². The van der Waals surface area contributed by atoms with Crippen molar-refractivity contribution in [1.82, 2.24) is 9.88 Å². The van der Waals surface area contributed by atoms with Crippen LogP contribution in [0.2, 0.25) is 0 Å². The largest absolute Gasteiger partial charge is 0.481 e. The number of aliphatic carboxylic acids is 1. The van der Waals surface area contributed by atoms with Crippen LogP contribution in [0.3, 0.4) is 0 Å². The number of aryl methyl sites for hydroxylation is 1. The highest BCUT2D eigenvalue weighted by molar-refractivity contribution is 5.67. The molecule has 0 bridgehead atoms. The lowest BCUT2D eigenvalue weighted by Gasteiger charge is -2.46. The molecule has 2 aliphatic rings. The van der Waals surface area contributed by atoms with E-state index in [2.05, 4.69) is 22.0 Å². The lowest BCUT2D eigenvalue weighted by Crippen LogP contribution is -2.41. The molecular formula is C19H28N2O2. The Morgan fingerprint density at radius 1 is 1.26 bits per heavy atom. The van der Waals surface area contributed by atoms with Gasteiger partial charge in [-0.3, -0.25) is 14.7 Å². The summed E-state index contributed by atoms with van der Waals surface area (Å²) in [7, 11) is 0. The van der Waals surface area contributed by atoms with Gasteiger partial charge >= 0.3 is 5.97 Å². The quantitative estimate of drug-likeness (QED) is 0.921. The van der Waals surface area contributed by atoms with E-state index in [-0.39, 0.29) is 0 Å². The van der Waals surface area contributed by atoms with Crippen LogP contribution in [-0.4, -0.2) is 34.0 Å². The number of carbonyl (C=O) groups is 1. The van der Waals surface area contributed by atoms with Gasteiger partial charge in [0.15, 0.2) is 0 Å². The zero-order chi connectivity index (χ0) is 16.3. The molecule has 2 fully saturated rings. The standard InChI is InChI=1S/C19H28N2O2/c1-15-3-2-4-17(20-15)14-21-11-9-19(10-12-21)7-5-16(6-8-19)13-18(22)23/h2-4,16H,5-14H2,1H3,(H,22,23). The van der Waals surface area contributed by atoms with Gasteiger partial charge in [-0.15, -0.1) is 0 Å². The molecule has 3 rings (SSSR count). The first-order valence-electron chi connectivity index (χ1n) is 8.91. The van der Waals surface area contributed by atoms with Gasteiger partial charge in [-0.05, 0) is 82.0 Å². The SMILES string of the molecule is Cc1cccc(CN2CCC3(CCC(CC(=O)O)CC3)CC2)n1. The minimum Gasteiger partial charge on any atom is -0.481 e. The number of hydrogen-bond acceptors (Lipinski definition) is 3. The predicted molar refractivity (Wildman–Crippen MR) is 90.1 cm³/mol. The highest BCUT2D eigenvalue weighted by Gasteiger charge is 2.38. The summed E-state index contributed by atoms with van der Waals surface area (Å²) in [6.45, 7) is 5.31. The fourth-order valence-electron chi connectivity index (χ4n) is 4.34. The summed E-state index contributed by atoms with van der Waals surface area (Å²) in [4.78, 5) is 18.0. The predicted octanol–water partition coefficient (Wildman–Crippen LogP) is 3.64. The maximum absolute atomic E-state index is 10.9. The molecule has 0 radical (unpaired) electrons. The number of carboxylic acid groups (broad SMARTS) is 1. The summed E-state index contributed by atoms with van der Waals surface area (Å²) < 4.78 is 0. The number of piperidine rings is 1. The molecule has 0 unspecified atom stereocenters. The van der Waals surface area contributed by atoms with Crippen molar-refractivity contribution in [3.8, 4) is 0 Å². The Labute approximate surface area is 138 Å². The number of aromatic nitrogens is 1. The summed E-state index contributed by atoms with van der Waals surface area (Å²) >= 11 is 0. The van der Waals surface area contributed by atoms with Crippen molar-refractivity contribution in [3.05, 3.63) is 29.6 Å². The lowest BCUT2D eigenvalue weighted by atomic mass is 9.65. The Kier molecular flexibility index (Phi) is 5.00. The van der Waals surface area contributed by atoms with Crippen LogP contribution in [0.25, 0.3) is 0 Å². The minimum absolute atomic E-state index is 0.362. The Hall–Kier alpha value is -1.42. The molecule has 0 amide bonds. The monoisotopic (exact) mass is 316 g/mol. The smallest absolute Gasteiger partial charge is 0.303 e. The van der Waals surface area contributed by atoms with E-state index in [4.69, 9.17) is 5.11 Å². The van der Waals surface area contributed by atoms with Crippen LogP contribution in [-0.2, 0) is 11.3 Å². The number of nitrogens with zero attached hydrogens (tertiary/aromatic N) is 2. The summed E-state index contributed by atoms with van der Waals surface area (Å²) in [5, 5.41) is 8.95. The van der Waals surface area contributed by atoms with Crippen molar-refractivity contribution in [3.63, 3.8) is 0 Å². The third kappa shape index (κ3) is 4.31. The van der Waals surface area contributed by atoms with Gasteiger partial charge < -0.3 is 5.11 Å². The van der Waals surface area contributed by atoms with Crippen molar-refractivity contribution >= 4 is 5.97 Å². The average molecular weight is 316 g/mol. The van der Waals surface area contributed by atoms with Gasteiger partial charge in [0, 0.05) is 18.7 Å². The topological polar surface area (TPSA) is 53.4 Å². The molecule has 2 heterocycles. The number of rotatable bonds is 4. The van der Waals surface area contributed by atoms with E-state index in [1.807, 2.05) is 13.0 Å². The van der Waals surface area contributed by atoms with Crippen molar-refractivity contribution in [2.45, 2.75) is 58.4 Å². The van der Waals surface area contributed by atoms with Gasteiger partial charge in [0.2, 0.25) is 0 Å². The lowest BCUT2D eigenvalue weighted by molar-refractivity contribution is -0.138. The van der Waals surface area contributed by atoms with E-state index in [9.17, 15) is 4.79 Å². The summed E-state index contributed by atoms with van der Waals surface area (Å²) in [5.74, 6) is -0.223. The maximum atomic E-state index is 10.9. The Bertz CT molecular complexity index is 540. The second kappa shape index (κ2) is 7.00. The van der Waals surface area contributed by atoms with E-state index < -0.39 is 5.97 Å². The minimum atomic E-state index is -0.633. The second-order valence-corrected chi connectivity index (χ2v) is 7.59. The van der Waals surface area contributed by atoms with E-state index in [1.165, 1.54) is 31.4 Å². The fraction of sp³-hybridized carbons (Fsp3) is 0.684. The Morgan fingerprint density at radius 3 is 2.57 bits per heavy atom. The molecule has 4 nitrogen and oxygen atoms in total. The Balaban J connectivity index is 1.48. The third-order valence-electron chi connectivity index (χ3n) is 5.88. The molecule has 1 aromatic heterocycles. The normalized spacial score (nSPS) is 22.3. The number of hydrogen-bond donors (Lipinski definition) is 1. The van der Waals surface area contributed by atoms with Crippen LogP contribution in [0.15, 0.2) is 18.2 Å². The van der Waals surface area contributed by atoms with Crippen LogP contribution in [0.5, 0.6) is 0 Å². The summed E-state index contributed by atoms with van der Waals surface area (Å²) in [6, 6.07) is 6.26. The molecule has 23 heavy (non-hydrogen) atoms. The van der Waals surface area contributed by atoms with Crippen molar-refractivity contribution in [2.24, 2.45) is 11.3 Å². The molecule has 1 N–H and O–H groups in total. The molecule has 1 aliphatic heterocycles. The van der Waals surface area contributed by atoms with Gasteiger partial charge in [0.05, 0.1) is 5.69 Å². The van der Waals surface area contributed by atoms with Crippen molar-refractivity contribution < 1.29 is 9.90 Å². The molecule has 0 aromatic carbocycles. The first-order valence-corrected chi connectivity index (χ1v) is 8.91. The van der Waals surface area contributed by atoms with Crippen LogP contribution in [0.1, 0.15) is 56.3 Å². The zero-order valence-electron chi connectivity index (χ0n) is 14.1. The maximum Gasteiger partial charge on any atom is 0.303 e. The highest BCUT2D eigenvalue weighted by atomic mass is 16.4. The molecule has 1 aromatic rings. The van der Waals surface area contributed by atoms with Crippen molar-refractivity contribution in [1.29, 1.82) is 0 Å². The first kappa shape index (κ1) is 16.4. The molecule has 1 saturated heterocycles. The van der Waals surface area contributed by atoms with Gasteiger partial charge in [-0.1, -0.05) is 6.07 Å². The molecular weight excluding hydrogens is 288 g/mol. The average Bonchev–Trinajstić information content (AvgIpc) is 2.52. The second-order valence-electron chi connectivity index (χ2n) is 7.59. The molecule has 1 spiro atoms. The van der Waals surface area contributed by atoms with E-state index >= 15 is 0 Å². The van der Waals surface area contributed by atoms with Crippen LogP contribution in [0.4, 0.5) is 0 Å². The van der Waals surface area contributed by atoms with Crippen molar-refractivity contribution in [2.75, 3.05) is 13.1 Å². The summed E-state index contributed by atoms with van der Waals surface area (Å²) in [5.41, 5.74) is 2.75. The number of carboxylic acids is 1. The highest BCUT2D eigenvalue weighted by Crippen LogP contribution is 2.47. The van der Waals surface area contributed by atoms with Gasteiger partial charge in [0.1, 0.15) is 0 Å². The molecule has 126 valence electrons. The number of pyridine rings is 1. The molecule has 1 aliphatic carbocycles. The zero-order valence-corrected chi connectivity index (χ0v) is 14.1. The van der Waals surface area contributed by atoms with E-state index in [0.29, 0.717) is 17.8 Å². The third-order valence-corrected chi connectivity index (χ3v) is 5.88. The Morgan fingerprint density at radius 2 is 1.96 bits per heavy atom. The summed E-state index contributed by atoms with van der Waals surface area (Å²) in [6.07, 6.45) is 7.54. The fourth-order valence-corrected chi connectivity index (χ4v) is 4.34. The van der Waals surface area contributed by atoms with Gasteiger partial charge in [-0.25, -0.2) is 0 Å². The molecule has 0 atom stereocenters. The molecule has 4 heteroatoms. The van der Waals surface area contributed by atoms with E-state index in [0.717, 1.165) is 38.2 Å². The first-order chi connectivity index (χ1) is 11.0. The van der Waals surface area contributed by atoms with Crippen LogP contribution < -0.4 is 0 Å².